The molecule has 0 aliphatic heterocycles. The lowest BCUT2D eigenvalue weighted by molar-refractivity contribution is 0.0705. The number of pyridine rings is 1. The molecule has 1 aromatic heterocycles. The highest BCUT2D eigenvalue weighted by atomic mass is 35.5. The average molecular weight is 297 g/mol. The number of benzene rings is 1. The fraction of sp³-hybridized carbons (Fsp3) is 0.0769. The number of carbonyl (C=O) groups excluding carboxylic acids is 1. The Labute approximate surface area is 118 Å². The van der Waals surface area contributed by atoms with Crippen LogP contribution in [0.1, 0.15) is 15.9 Å². The third-order valence-corrected chi connectivity index (χ3v) is 2.74. The molecule has 20 heavy (non-hydrogen) atoms. The number of hydrogen-bond donors (Lipinski definition) is 2. The van der Waals surface area contributed by atoms with Gasteiger partial charge >= 0.3 is 0 Å². The summed E-state index contributed by atoms with van der Waals surface area (Å²) in [5.41, 5.74) is 2.38. The molecule has 2 aromatic rings. The van der Waals surface area contributed by atoms with Crippen LogP contribution >= 0.6 is 11.6 Å². The first-order valence-electron chi connectivity index (χ1n) is 5.55. The second-order valence-electron chi connectivity index (χ2n) is 3.96. The van der Waals surface area contributed by atoms with E-state index in [0.29, 0.717) is 11.3 Å². The number of hydrogen-bond acceptors (Lipinski definition) is 4. The van der Waals surface area contributed by atoms with Gasteiger partial charge in [0, 0.05) is 11.8 Å². The Kier molecular flexibility index (Phi) is 4.16. The van der Waals surface area contributed by atoms with Crippen LogP contribution in [0.2, 0.25) is 5.02 Å². The molecule has 0 aliphatic rings. The summed E-state index contributed by atoms with van der Waals surface area (Å²) in [6.45, 7) is 1.66. The van der Waals surface area contributed by atoms with Crippen molar-refractivity contribution in [3.8, 4) is 11.6 Å². The number of carbonyl (C=O) groups is 1. The lowest BCUT2D eigenvalue weighted by atomic mass is 10.1. The molecule has 0 radical (unpaired) electrons. The van der Waals surface area contributed by atoms with Crippen molar-refractivity contribution in [3.05, 3.63) is 52.4 Å². The summed E-state index contributed by atoms with van der Waals surface area (Å²) in [4.78, 5) is 15.0. The number of hydroxylamine groups is 1. The Hall–Kier alpha value is -2.18. The van der Waals surface area contributed by atoms with Gasteiger partial charge in [-0.15, -0.1) is 0 Å². The van der Waals surface area contributed by atoms with Crippen LogP contribution in [-0.4, -0.2) is 16.1 Å². The topological polar surface area (TPSA) is 71.5 Å². The number of halogens is 2. The van der Waals surface area contributed by atoms with Gasteiger partial charge in [0.1, 0.15) is 5.75 Å². The molecule has 2 rings (SSSR count). The van der Waals surface area contributed by atoms with E-state index in [1.807, 2.05) is 0 Å². The number of aromatic nitrogens is 1. The summed E-state index contributed by atoms with van der Waals surface area (Å²) >= 11 is 5.59. The molecule has 1 aromatic carbocycles. The average Bonchev–Trinajstić information content (AvgIpc) is 2.41. The Morgan fingerprint density at radius 1 is 1.45 bits per heavy atom. The largest absolute Gasteiger partial charge is 0.436 e. The van der Waals surface area contributed by atoms with E-state index in [0.717, 1.165) is 6.07 Å². The summed E-state index contributed by atoms with van der Waals surface area (Å²) in [5.74, 6) is -1.23. The van der Waals surface area contributed by atoms with Gasteiger partial charge in [0.15, 0.2) is 5.82 Å². The standard InChI is InChI=1S/C13H10ClFN2O3/c1-7-4-9(2-3-10(7)12(18)17-19)20-13-11(15)5-8(14)6-16-13/h2-6,19H,1H3,(H,17,18). The molecule has 1 amide bonds. The van der Waals surface area contributed by atoms with Crippen LogP contribution in [0.3, 0.4) is 0 Å². The normalized spacial score (nSPS) is 10.2. The van der Waals surface area contributed by atoms with Crippen LogP contribution < -0.4 is 10.2 Å². The molecular weight excluding hydrogens is 287 g/mol. The fourth-order valence-electron chi connectivity index (χ4n) is 1.60. The second-order valence-corrected chi connectivity index (χ2v) is 4.40. The van der Waals surface area contributed by atoms with Gasteiger partial charge in [0.2, 0.25) is 0 Å². The molecule has 0 bridgehead atoms. The van der Waals surface area contributed by atoms with E-state index >= 15 is 0 Å². The van der Waals surface area contributed by atoms with Crippen molar-refractivity contribution in [1.29, 1.82) is 0 Å². The highest BCUT2D eigenvalue weighted by Gasteiger charge is 2.11. The van der Waals surface area contributed by atoms with Crippen LogP contribution in [-0.2, 0) is 0 Å². The predicted molar refractivity (Wildman–Crippen MR) is 69.7 cm³/mol. The van der Waals surface area contributed by atoms with E-state index in [1.54, 1.807) is 6.92 Å². The molecule has 0 fully saturated rings. The maximum atomic E-state index is 13.5. The van der Waals surface area contributed by atoms with Gasteiger partial charge in [0.05, 0.1) is 5.02 Å². The molecule has 7 heteroatoms. The van der Waals surface area contributed by atoms with Crippen molar-refractivity contribution in [2.75, 3.05) is 0 Å². The van der Waals surface area contributed by atoms with Crippen molar-refractivity contribution in [2.45, 2.75) is 6.92 Å². The van der Waals surface area contributed by atoms with Crippen molar-refractivity contribution in [2.24, 2.45) is 0 Å². The quantitative estimate of drug-likeness (QED) is 0.674. The predicted octanol–water partition coefficient (Wildman–Crippen LogP) is 3.09. The Balaban J connectivity index is 2.26. The number of nitrogens with zero attached hydrogens (tertiary/aromatic N) is 1. The summed E-state index contributed by atoms with van der Waals surface area (Å²) in [7, 11) is 0. The van der Waals surface area contributed by atoms with Gasteiger partial charge in [-0.2, -0.15) is 0 Å². The molecule has 0 unspecified atom stereocenters. The van der Waals surface area contributed by atoms with E-state index in [9.17, 15) is 9.18 Å². The first-order valence-corrected chi connectivity index (χ1v) is 5.93. The molecule has 104 valence electrons. The molecule has 5 nitrogen and oxygen atoms in total. The monoisotopic (exact) mass is 296 g/mol. The molecule has 0 atom stereocenters. The number of rotatable bonds is 3. The van der Waals surface area contributed by atoms with E-state index < -0.39 is 11.7 Å². The molecular formula is C13H10ClFN2O3. The van der Waals surface area contributed by atoms with Gasteiger partial charge in [-0.3, -0.25) is 10.0 Å². The van der Waals surface area contributed by atoms with Gasteiger partial charge in [0.25, 0.3) is 11.8 Å². The molecule has 2 N–H and O–H groups in total. The molecule has 0 saturated heterocycles. The van der Waals surface area contributed by atoms with E-state index in [2.05, 4.69) is 4.98 Å². The van der Waals surface area contributed by atoms with Gasteiger partial charge < -0.3 is 4.74 Å². The lowest BCUT2D eigenvalue weighted by Crippen LogP contribution is -2.19. The van der Waals surface area contributed by atoms with Crippen molar-refractivity contribution < 1.29 is 19.1 Å². The van der Waals surface area contributed by atoms with Crippen LogP contribution in [0.4, 0.5) is 4.39 Å². The Bertz CT molecular complexity index is 664. The van der Waals surface area contributed by atoms with Gasteiger partial charge in [-0.25, -0.2) is 14.9 Å². The van der Waals surface area contributed by atoms with Gasteiger partial charge in [-0.1, -0.05) is 11.6 Å². The first-order chi connectivity index (χ1) is 9.51. The van der Waals surface area contributed by atoms with Crippen LogP contribution in [0.25, 0.3) is 0 Å². The SMILES string of the molecule is Cc1cc(Oc2ncc(Cl)cc2F)ccc1C(=O)NO. The number of ether oxygens (including phenoxy) is 1. The molecule has 1 heterocycles. The Morgan fingerprint density at radius 2 is 2.20 bits per heavy atom. The van der Waals surface area contributed by atoms with Crippen molar-refractivity contribution >= 4 is 17.5 Å². The Morgan fingerprint density at radius 3 is 2.80 bits per heavy atom. The van der Waals surface area contributed by atoms with E-state index in [-0.39, 0.29) is 16.5 Å². The third-order valence-electron chi connectivity index (χ3n) is 2.53. The number of nitrogens with one attached hydrogen (secondary N) is 1. The zero-order chi connectivity index (χ0) is 14.7. The zero-order valence-electron chi connectivity index (χ0n) is 10.4. The minimum Gasteiger partial charge on any atom is -0.436 e. The van der Waals surface area contributed by atoms with E-state index in [4.69, 9.17) is 21.5 Å². The number of amides is 1. The fourth-order valence-corrected chi connectivity index (χ4v) is 1.75. The smallest absolute Gasteiger partial charge is 0.274 e. The van der Waals surface area contributed by atoms with Gasteiger partial charge in [-0.05, 0) is 36.8 Å². The van der Waals surface area contributed by atoms with Crippen LogP contribution in [0.5, 0.6) is 11.6 Å². The van der Waals surface area contributed by atoms with E-state index in [1.165, 1.54) is 29.9 Å². The minimum atomic E-state index is -0.688. The highest BCUT2D eigenvalue weighted by molar-refractivity contribution is 6.30. The lowest BCUT2D eigenvalue weighted by Gasteiger charge is -2.09. The second kappa shape index (κ2) is 5.85. The summed E-state index contributed by atoms with van der Waals surface area (Å²) < 4.78 is 18.8. The summed E-state index contributed by atoms with van der Waals surface area (Å²) in [6.07, 6.45) is 1.26. The summed E-state index contributed by atoms with van der Waals surface area (Å²) in [6, 6.07) is 5.53. The third kappa shape index (κ3) is 3.04. The van der Waals surface area contributed by atoms with Crippen LogP contribution in [0, 0.1) is 12.7 Å². The molecule has 0 saturated carbocycles. The maximum Gasteiger partial charge on any atom is 0.274 e. The number of aryl methyl sites for hydroxylation is 1. The summed E-state index contributed by atoms with van der Waals surface area (Å²) in [5, 5.41) is 8.74. The van der Waals surface area contributed by atoms with Crippen LogP contribution in [0.15, 0.2) is 30.5 Å². The van der Waals surface area contributed by atoms with Crippen molar-refractivity contribution in [1.82, 2.24) is 10.5 Å². The van der Waals surface area contributed by atoms with Crippen molar-refractivity contribution in [3.63, 3.8) is 0 Å². The molecule has 0 spiro atoms. The first kappa shape index (κ1) is 14.2. The zero-order valence-corrected chi connectivity index (χ0v) is 11.1. The minimum absolute atomic E-state index is 0.168. The molecule has 0 aliphatic carbocycles. The maximum absolute atomic E-state index is 13.5. The highest BCUT2D eigenvalue weighted by Crippen LogP contribution is 2.25.